The summed E-state index contributed by atoms with van der Waals surface area (Å²) >= 11 is 1.48. The summed E-state index contributed by atoms with van der Waals surface area (Å²) in [6.45, 7) is 5.65. The number of nitrogens with zero attached hydrogens (tertiary/aromatic N) is 2. The van der Waals surface area contributed by atoms with E-state index < -0.39 is 0 Å². The van der Waals surface area contributed by atoms with Crippen LogP contribution in [-0.2, 0) is 16.0 Å². The molecule has 0 atom stereocenters. The second-order valence-corrected chi connectivity index (χ2v) is 8.33. The largest absolute Gasteiger partial charge is 0.342 e. The number of amides is 2. The van der Waals surface area contributed by atoms with Crippen molar-refractivity contribution in [1.82, 2.24) is 9.88 Å². The molecule has 6 heteroatoms. The maximum atomic E-state index is 12.4. The summed E-state index contributed by atoms with van der Waals surface area (Å²) < 4.78 is 0. The fourth-order valence-corrected chi connectivity index (χ4v) is 4.20. The van der Waals surface area contributed by atoms with Gasteiger partial charge in [-0.25, -0.2) is 4.98 Å². The van der Waals surface area contributed by atoms with Crippen LogP contribution >= 0.6 is 11.3 Å². The Morgan fingerprint density at radius 2 is 1.93 bits per heavy atom. The molecule has 1 aromatic carbocycles. The van der Waals surface area contributed by atoms with Gasteiger partial charge in [-0.2, -0.15) is 0 Å². The first-order valence-electron chi connectivity index (χ1n) is 9.58. The minimum atomic E-state index is 0.0220. The lowest BCUT2D eigenvalue weighted by Crippen LogP contribution is -2.40. The molecule has 27 heavy (non-hydrogen) atoms. The maximum Gasteiger partial charge on any atom is 0.226 e. The number of aromatic nitrogens is 1. The van der Waals surface area contributed by atoms with E-state index in [1.165, 1.54) is 11.3 Å². The lowest BCUT2D eigenvalue weighted by atomic mass is 9.93. The minimum absolute atomic E-state index is 0.0220. The van der Waals surface area contributed by atoms with Crippen LogP contribution in [0.3, 0.4) is 0 Å². The number of benzene rings is 1. The highest BCUT2D eigenvalue weighted by molar-refractivity contribution is 7.13. The molecule has 144 valence electrons. The number of thiazole rings is 1. The van der Waals surface area contributed by atoms with Gasteiger partial charge in [0.1, 0.15) is 0 Å². The molecule has 1 aliphatic rings. The molecule has 1 aliphatic heterocycles. The topological polar surface area (TPSA) is 62.3 Å². The van der Waals surface area contributed by atoms with E-state index in [-0.39, 0.29) is 11.8 Å². The van der Waals surface area contributed by atoms with Crippen LogP contribution in [0.5, 0.6) is 0 Å². The molecule has 0 unspecified atom stereocenters. The first kappa shape index (κ1) is 19.5. The molecule has 0 radical (unpaired) electrons. The van der Waals surface area contributed by atoms with E-state index in [0.717, 1.165) is 37.2 Å². The molecule has 1 N–H and O–H groups in total. The summed E-state index contributed by atoms with van der Waals surface area (Å²) in [6.07, 6.45) is 2.71. The van der Waals surface area contributed by atoms with Gasteiger partial charge in [0.25, 0.3) is 0 Å². The van der Waals surface area contributed by atoms with Gasteiger partial charge in [0.2, 0.25) is 11.8 Å². The summed E-state index contributed by atoms with van der Waals surface area (Å²) in [5, 5.41) is 5.60. The summed E-state index contributed by atoms with van der Waals surface area (Å²) in [5.41, 5.74) is 2.06. The number of nitrogens with one attached hydrogen (secondary N) is 1. The number of likely N-dealkylation sites (tertiary alicyclic amines) is 1. The molecule has 2 amide bonds. The lowest BCUT2D eigenvalue weighted by Gasteiger charge is -2.31. The number of anilines is 1. The molecule has 0 aliphatic carbocycles. The van der Waals surface area contributed by atoms with Crippen LogP contribution in [0.15, 0.2) is 35.7 Å². The lowest BCUT2D eigenvalue weighted by molar-refractivity contribution is -0.131. The van der Waals surface area contributed by atoms with Gasteiger partial charge in [0, 0.05) is 24.9 Å². The Hall–Kier alpha value is -2.21. The van der Waals surface area contributed by atoms with Gasteiger partial charge < -0.3 is 10.2 Å². The third-order valence-electron chi connectivity index (χ3n) is 5.00. The first-order chi connectivity index (χ1) is 13.0. The van der Waals surface area contributed by atoms with Crippen molar-refractivity contribution in [1.29, 1.82) is 0 Å². The number of piperidine rings is 1. The Kier molecular flexibility index (Phi) is 6.61. The monoisotopic (exact) mass is 385 g/mol. The zero-order chi connectivity index (χ0) is 19.2. The smallest absolute Gasteiger partial charge is 0.226 e. The molecule has 2 heterocycles. The second-order valence-electron chi connectivity index (χ2n) is 7.47. The van der Waals surface area contributed by atoms with E-state index in [4.69, 9.17) is 0 Å². The van der Waals surface area contributed by atoms with Crippen LogP contribution in [0, 0.1) is 5.92 Å². The Morgan fingerprint density at radius 1 is 1.22 bits per heavy atom. The molecular weight excluding hydrogens is 358 g/mol. The quantitative estimate of drug-likeness (QED) is 0.815. The molecule has 0 saturated carbocycles. The van der Waals surface area contributed by atoms with E-state index in [2.05, 4.69) is 24.1 Å². The van der Waals surface area contributed by atoms with Crippen molar-refractivity contribution in [3.05, 3.63) is 47.0 Å². The molecule has 1 fully saturated rings. The van der Waals surface area contributed by atoms with Gasteiger partial charge >= 0.3 is 0 Å². The fourth-order valence-electron chi connectivity index (χ4n) is 3.31. The SMILES string of the molecule is CC(C)c1csc(NC(=O)CC2CCN(C(=O)Cc3ccccc3)CC2)n1. The van der Waals surface area contributed by atoms with E-state index in [1.807, 2.05) is 40.6 Å². The fraction of sp³-hybridized carbons (Fsp3) is 0.476. The molecule has 0 spiro atoms. The Bertz CT molecular complexity index is 765. The van der Waals surface area contributed by atoms with Gasteiger partial charge in [-0.05, 0) is 30.2 Å². The highest BCUT2D eigenvalue weighted by Gasteiger charge is 2.24. The van der Waals surface area contributed by atoms with E-state index >= 15 is 0 Å². The Morgan fingerprint density at radius 3 is 2.56 bits per heavy atom. The third kappa shape index (κ3) is 5.63. The number of carbonyl (C=O) groups excluding carboxylic acids is 2. The summed E-state index contributed by atoms with van der Waals surface area (Å²) in [6, 6.07) is 9.84. The van der Waals surface area contributed by atoms with Crippen molar-refractivity contribution in [2.45, 2.75) is 45.4 Å². The maximum absolute atomic E-state index is 12.4. The molecule has 1 aromatic heterocycles. The summed E-state index contributed by atoms with van der Waals surface area (Å²) in [7, 11) is 0. The number of hydrogen-bond donors (Lipinski definition) is 1. The molecule has 3 rings (SSSR count). The van der Waals surface area contributed by atoms with Crippen molar-refractivity contribution in [2.24, 2.45) is 5.92 Å². The van der Waals surface area contributed by atoms with Crippen molar-refractivity contribution < 1.29 is 9.59 Å². The molecular formula is C21H27N3O2S. The predicted octanol–water partition coefficient (Wildman–Crippen LogP) is 4.08. The van der Waals surface area contributed by atoms with Crippen molar-refractivity contribution >= 4 is 28.3 Å². The normalized spacial score (nSPS) is 15.1. The number of rotatable bonds is 6. The van der Waals surface area contributed by atoms with Crippen LogP contribution in [-0.4, -0.2) is 34.8 Å². The molecule has 5 nitrogen and oxygen atoms in total. The highest BCUT2D eigenvalue weighted by Crippen LogP contribution is 2.24. The summed E-state index contributed by atoms with van der Waals surface area (Å²) in [4.78, 5) is 31.1. The first-order valence-corrected chi connectivity index (χ1v) is 10.5. The van der Waals surface area contributed by atoms with Crippen LogP contribution < -0.4 is 5.32 Å². The van der Waals surface area contributed by atoms with Gasteiger partial charge in [0.05, 0.1) is 12.1 Å². The predicted molar refractivity (Wildman–Crippen MR) is 109 cm³/mol. The number of carbonyl (C=O) groups is 2. The van der Waals surface area contributed by atoms with E-state index in [9.17, 15) is 9.59 Å². The zero-order valence-corrected chi connectivity index (χ0v) is 16.8. The highest BCUT2D eigenvalue weighted by atomic mass is 32.1. The molecule has 1 saturated heterocycles. The second kappa shape index (κ2) is 9.13. The van der Waals surface area contributed by atoms with Crippen molar-refractivity contribution in [3.8, 4) is 0 Å². The van der Waals surface area contributed by atoms with E-state index in [1.54, 1.807) is 0 Å². The van der Waals surface area contributed by atoms with Crippen LogP contribution in [0.4, 0.5) is 5.13 Å². The van der Waals surface area contributed by atoms with Gasteiger partial charge in [-0.3, -0.25) is 9.59 Å². The van der Waals surface area contributed by atoms with Crippen molar-refractivity contribution in [3.63, 3.8) is 0 Å². The Labute approximate surface area is 164 Å². The standard InChI is InChI=1S/C21H27N3O2S/c1-15(2)18-14-27-21(22-18)23-19(25)12-17-8-10-24(11-9-17)20(26)13-16-6-4-3-5-7-16/h3-7,14-15,17H,8-13H2,1-2H3,(H,22,23,25). The third-order valence-corrected chi connectivity index (χ3v) is 5.78. The number of hydrogen-bond acceptors (Lipinski definition) is 4. The van der Waals surface area contributed by atoms with Gasteiger partial charge in [-0.15, -0.1) is 11.3 Å². The summed E-state index contributed by atoms with van der Waals surface area (Å²) in [5.74, 6) is 0.891. The van der Waals surface area contributed by atoms with Gasteiger partial charge in [0.15, 0.2) is 5.13 Å². The van der Waals surface area contributed by atoms with Crippen LogP contribution in [0.1, 0.15) is 50.3 Å². The average molecular weight is 386 g/mol. The van der Waals surface area contributed by atoms with Crippen LogP contribution in [0.2, 0.25) is 0 Å². The van der Waals surface area contributed by atoms with E-state index in [0.29, 0.717) is 29.8 Å². The molecule has 0 bridgehead atoms. The van der Waals surface area contributed by atoms with Crippen molar-refractivity contribution in [2.75, 3.05) is 18.4 Å². The Balaban J connectivity index is 1.42. The average Bonchev–Trinajstić information content (AvgIpc) is 3.12. The van der Waals surface area contributed by atoms with Gasteiger partial charge in [-0.1, -0.05) is 44.2 Å². The zero-order valence-electron chi connectivity index (χ0n) is 16.0. The van der Waals surface area contributed by atoms with Crippen LogP contribution in [0.25, 0.3) is 0 Å². The minimum Gasteiger partial charge on any atom is -0.342 e. The molecule has 2 aromatic rings.